The van der Waals surface area contributed by atoms with E-state index >= 15 is 0 Å². The maximum Gasteiger partial charge on any atom is 0.253 e. The van der Waals surface area contributed by atoms with Gasteiger partial charge in [-0.15, -0.1) is 0 Å². The molecule has 0 aliphatic carbocycles. The van der Waals surface area contributed by atoms with Crippen LogP contribution in [0.5, 0.6) is 0 Å². The summed E-state index contributed by atoms with van der Waals surface area (Å²) >= 11 is 0. The number of rotatable bonds is 1. The molecule has 1 saturated heterocycles. The van der Waals surface area contributed by atoms with Gasteiger partial charge in [0.1, 0.15) is 5.82 Å². The van der Waals surface area contributed by atoms with Crippen molar-refractivity contribution in [2.24, 2.45) is 5.73 Å². The number of carbonyl (C=O) groups is 1. The molecule has 1 aliphatic rings. The third-order valence-electron chi connectivity index (χ3n) is 2.80. The number of carbonyl (C=O) groups excluding carboxylic acids is 1. The summed E-state index contributed by atoms with van der Waals surface area (Å²) < 4.78 is 13.0. The van der Waals surface area contributed by atoms with Crippen LogP contribution in [0.3, 0.4) is 0 Å². The molecule has 2 rings (SSSR count). The number of hydrogen-bond donors (Lipinski definition) is 1. The lowest BCUT2D eigenvalue weighted by molar-refractivity contribution is 0.0453. The number of amides is 1. The molecule has 3 nitrogen and oxygen atoms in total. The van der Waals surface area contributed by atoms with Crippen molar-refractivity contribution < 1.29 is 9.18 Å². The average molecular weight is 222 g/mol. The predicted molar refractivity (Wildman–Crippen MR) is 59.6 cm³/mol. The van der Waals surface area contributed by atoms with Crippen LogP contribution in [0.15, 0.2) is 18.2 Å². The largest absolute Gasteiger partial charge is 0.335 e. The molecule has 86 valence electrons. The van der Waals surface area contributed by atoms with E-state index in [1.165, 1.54) is 12.1 Å². The summed E-state index contributed by atoms with van der Waals surface area (Å²) in [6.07, 6.45) is 0. The number of nitrogens with zero attached hydrogens (tertiary/aromatic N) is 1. The first kappa shape index (κ1) is 11.1. The van der Waals surface area contributed by atoms with Gasteiger partial charge in [-0.3, -0.25) is 4.79 Å². The Kier molecular flexibility index (Phi) is 2.46. The van der Waals surface area contributed by atoms with E-state index < -0.39 is 0 Å². The van der Waals surface area contributed by atoms with Crippen LogP contribution in [0.4, 0.5) is 4.39 Å². The number of likely N-dealkylation sites (tertiary alicyclic amines) is 1. The predicted octanol–water partition coefficient (Wildman–Crippen LogP) is 1.31. The fraction of sp³-hybridized carbons (Fsp3) is 0.417. The summed E-state index contributed by atoms with van der Waals surface area (Å²) in [5.41, 5.74) is 6.57. The molecule has 0 spiro atoms. The van der Waals surface area contributed by atoms with Crippen molar-refractivity contribution in [2.75, 3.05) is 13.1 Å². The Morgan fingerprint density at radius 1 is 1.50 bits per heavy atom. The Hall–Kier alpha value is -1.42. The summed E-state index contributed by atoms with van der Waals surface area (Å²) in [6, 6.07) is 4.41. The summed E-state index contributed by atoms with van der Waals surface area (Å²) in [4.78, 5) is 13.6. The Morgan fingerprint density at radius 2 is 2.12 bits per heavy atom. The highest BCUT2D eigenvalue weighted by atomic mass is 19.1. The Labute approximate surface area is 94.0 Å². The van der Waals surface area contributed by atoms with Gasteiger partial charge in [0.25, 0.3) is 5.91 Å². The average Bonchev–Trinajstić information content (AvgIpc) is 2.17. The highest BCUT2D eigenvalue weighted by Gasteiger charge is 2.38. The van der Waals surface area contributed by atoms with E-state index in [1.54, 1.807) is 17.9 Å². The Bertz CT molecular complexity index is 435. The van der Waals surface area contributed by atoms with E-state index in [9.17, 15) is 9.18 Å². The fourth-order valence-corrected chi connectivity index (χ4v) is 1.93. The quantitative estimate of drug-likeness (QED) is 0.778. The second kappa shape index (κ2) is 3.56. The van der Waals surface area contributed by atoms with Crippen molar-refractivity contribution in [3.05, 3.63) is 35.1 Å². The monoisotopic (exact) mass is 222 g/mol. The summed E-state index contributed by atoms with van der Waals surface area (Å²) in [5.74, 6) is -0.366. The molecule has 0 bridgehead atoms. The smallest absolute Gasteiger partial charge is 0.253 e. The van der Waals surface area contributed by atoms with Gasteiger partial charge >= 0.3 is 0 Å². The van der Waals surface area contributed by atoms with Gasteiger partial charge in [-0.1, -0.05) is 0 Å². The van der Waals surface area contributed by atoms with E-state index in [1.807, 2.05) is 6.92 Å². The zero-order valence-corrected chi connectivity index (χ0v) is 9.46. The first-order valence-electron chi connectivity index (χ1n) is 5.23. The summed E-state index contributed by atoms with van der Waals surface area (Å²) in [6.45, 7) is 4.67. The van der Waals surface area contributed by atoms with Crippen LogP contribution >= 0.6 is 0 Å². The minimum atomic E-state index is -0.288. The van der Waals surface area contributed by atoms with Crippen LogP contribution < -0.4 is 5.73 Å². The van der Waals surface area contributed by atoms with E-state index in [-0.39, 0.29) is 17.3 Å². The normalized spacial score (nSPS) is 18.1. The zero-order chi connectivity index (χ0) is 11.9. The van der Waals surface area contributed by atoms with Gasteiger partial charge in [0.2, 0.25) is 0 Å². The SMILES string of the molecule is Cc1cc(C(=O)N2CC(C)(N)C2)ccc1F. The maximum atomic E-state index is 13.0. The van der Waals surface area contributed by atoms with Gasteiger partial charge in [0.05, 0.1) is 0 Å². The molecule has 16 heavy (non-hydrogen) atoms. The standard InChI is InChI=1S/C12H15FN2O/c1-8-5-9(3-4-10(8)13)11(16)15-6-12(2,14)7-15/h3-5H,6-7,14H2,1-2H3. The molecular weight excluding hydrogens is 207 g/mol. The lowest BCUT2D eigenvalue weighted by Crippen LogP contribution is -2.66. The lowest BCUT2D eigenvalue weighted by Gasteiger charge is -2.45. The van der Waals surface area contributed by atoms with E-state index in [0.29, 0.717) is 24.2 Å². The molecule has 1 amide bonds. The van der Waals surface area contributed by atoms with Gasteiger partial charge in [-0.2, -0.15) is 0 Å². The molecular formula is C12H15FN2O. The third-order valence-corrected chi connectivity index (χ3v) is 2.80. The highest BCUT2D eigenvalue weighted by molar-refractivity contribution is 5.95. The van der Waals surface area contributed by atoms with Crippen LogP contribution in [-0.2, 0) is 0 Å². The molecule has 0 unspecified atom stereocenters. The Balaban J connectivity index is 2.13. The zero-order valence-electron chi connectivity index (χ0n) is 9.46. The molecule has 4 heteroatoms. The number of nitrogens with two attached hydrogens (primary N) is 1. The van der Waals surface area contributed by atoms with Gasteiger partial charge in [-0.05, 0) is 37.6 Å². The van der Waals surface area contributed by atoms with Gasteiger partial charge in [-0.25, -0.2) is 4.39 Å². The second-order valence-electron chi connectivity index (χ2n) is 4.78. The van der Waals surface area contributed by atoms with Crippen LogP contribution in [0, 0.1) is 12.7 Å². The number of aryl methyl sites for hydroxylation is 1. The van der Waals surface area contributed by atoms with Crippen molar-refractivity contribution in [2.45, 2.75) is 19.4 Å². The maximum absolute atomic E-state index is 13.0. The molecule has 0 atom stereocenters. The van der Waals surface area contributed by atoms with E-state index in [2.05, 4.69) is 0 Å². The van der Waals surface area contributed by atoms with Crippen molar-refractivity contribution in [1.29, 1.82) is 0 Å². The first-order chi connectivity index (χ1) is 7.39. The molecule has 1 aromatic carbocycles. The molecule has 1 heterocycles. The minimum absolute atomic E-state index is 0.0778. The highest BCUT2D eigenvalue weighted by Crippen LogP contribution is 2.20. The Morgan fingerprint density at radius 3 is 2.62 bits per heavy atom. The molecule has 2 N–H and O–H groups in total. The van der Waals surface area contributed by atoms with Gasteiger partial charge < -0.3 is 10.6 Å². The van der Waals surface area contributed by atoms with Crippen LogP contribution in [0.25, 0.3) is 0 Å². The second-order valence-corrected chi connectivity index (χ2v) is 4.78. The van der Waals surface area contributed by atoms with Crippen molar-refractivity contribution in [3.63, 3.8) is 0 Å². The first-order valence-corrected chi connectivity index (χ1v) is 5.23. The van der Waals surface area contributed by atoms with Crippen LogP contribution in [0.1, 0.15) is 22.8 Å². The number of halogens is 1. The van der Waals surface area contributed by atoms with Gasteiger partial charge in [0.15, 0.2) is 0 Å². The number of benzene rings is 1. The molecule has 1 aliphatic heterocycles. The molecule has 0 aromatic heterocycles. The van der Waals surface area contributed by atoms with Crippen molar-refractivity contribution in [3.8, 4) is 0 Å². The number of hydrogen-bond acceptors (Lipinski definition) is 2. The van der Waals surface area contributed by atoms with Gasteiger partial charge in [0, 0.05) is 24.2 Å². The van der Waals surface area contributed by atoms with Crippen molar-refractivity contribution in [1.82, 2.24) is 4.90 Å². The molecule has 1 fully saturated rings. The molecule has 0 saturated carbocycles. The van der Waals surface area contributed by atoms with Crippen molar-refractivity contribution >= 4 is 5.91 Å². The minimum Gasteiger partial charge on any atom is -0.335 e. The van der Waals surface area contributed by atoms with Crippen LogP contribution in [0.2, 0.25) is 0 Å². The van der Waals surface area contributed by atoms with Crippen LogP contribution in [-0.4, -0.2) is 29.4 Å². The molecule has 0 radical (unpaired) electrons. The summed E-state index contributed by atoms with van der Waals surface area (Å²) in [5, 5.41) is 0. The third kappa shape index (κ3) is 1.93. The lowest BCUT2D eigenvalue weighted by atomic mass is 9.93. The van der Waals surface area contributed by atoms with E-state index in [0.717, 1.165) is 0 Å². The topological polar surface area (TPSA) is 46.3 Å². The fourth-order valence-electron chi connectivity index (χ4n) is 1.93. The summed E-state index contributed by atoms with van der Waals surface area (Å²) in [7, 11) is 0. The van der Waals surface area contributed by atoms with E-state index in [4.69, 9.17) is 5.73 Å². The molecule has 1 aromatic rings.